The van der Waals surface area contributed by atoms with Gasteiger partial charge in [0.2, 0.25) is 11.8 Å². The van der Waals surface area contributed by atoms with E-state index in [0.29, 0.717) is 44.7 Å². The molecule has 3 aliphatic rings. The number of amides is 2. The Kier molecular flexibility index (Phi) is 8.48. The maximum Gasteiger partial charge on any atom is 0.248 e. The minimum atomic E-state index is -0.795. The van der Waals surface area contributed by atoms with Crippen molar-refractivity contribution in [3.05, 3.63) is 41.0 Å². The molecule has 3 heterocycles. The highest BCUT2D eigenvalue weighted by atomic mass is 16.5. The third-order valence-electron chi connectivity index (χ3n) is 7.32. The normalized spacial score (nSPS) is 28.0. The second kappa shape index (κ2) is 11.8. The number of nitrogens with zero attached hydrogens (tertiary/aromatic N) is 1. The van der Waals surface area contributed by atoms with Crippen molar-refractivity contribution in [1.29, 1.82) is 5.26 Å². The van der Waals surface area contributed by atoms with Gasteiger partial charge in [-0.3, -0.25) is 19.6 Å². The van der Waals surface area contributed by atoms with Crippen LogP contribution in [0.2, 0.25) is 0 Å². The number of aryl methyl sites for hydroxylation is 1. The van der Waals surface area contributed by atoms with Crippen molar-refractivity contribution in [2.24, 2.45) is 11.8 Å². The Morgan fingerprint density at radius 2 is 2.11 bits per heavy atom. The highest BCUT2D eigenvalue weighted by Gasteiger charge is 2.42. The van der Waals surface area contributed by atoms with Crippen molar-refractivity contribution < 1.29 is 24.3 Å². The van der Waals surface area contributed by atoms with Gasteiger partial charge in [0.1, 0.15) is 0 Å². The summed E-state index contributed by atoms with van der Waals surface area (Å²) < 4.78 is 5.29. The molecule has 0 saturated carbocycles. The highest BCUT2D eigenvalue weighted by molar-refractivity contribution is 5.96. The van der Waals surface area contributed by atoms with E-state index in [1.54, 1.807) is 11.5 Å². The zero-order valence-electron chi connectivity index (χ0n) is 20.4. The Hall–Kier alpha value is -3.10. The summed E-state index contributed by atoms with van der Waals surface area (Å²) >= 11 is 0. The first-order chi connectivity index (χ1) is 17.4. The van der Waals surface area contributed by atoms with Gasteiger partial charge in [0.15, 0.2) is 5.78 Å². The lowest BCUT2D eigenvalue weighted by atomic mass is 9.78. The van der Waals surface area contributed by atoms with Crippen LogP contribution in [0, 0.1) is 30.1 Å². The average Bonchev–Trinajstić information content (AvgIpc) is 3.40. The summed E-state index contributed by atoms with van der Waals surface area (Å²) in [7, 11) is 0. The van der Waals surface area contributed by atoms with Crippen LogP contribution in [0.25, 0.3) is 5.57 Å². The molecular formula is C26H33N5O5. The minimum Gasteiger partial charge on any atom is -0.379 e. The lowest BCUT2D eigenvalue weighted by Crippen LogP contribution is -2.59. The first-order valence-corrected chi connectivity index (χ1v) is 12.4. The zero-order valence-corrected chi connectivity index (χ0v) is 20.4. The van der Waals surface area contributed by atoms with E-state index >= 15 is 0 Å². The van der Waals surface area contributed by atoms with Crippen LogP contribution in [0.4, 0.5) is 0 Å². The minimum absolute atomic E-state index is 0.0132. The van der Waals surface area contributed by atoms with Crippen LogP contribution in [0.15, 0.2) is 24.3 Å². The number of ether oxygens (including phenoxy) is 1. The molecule has 0 spiro atoms. The Bertz CT molecular complexity index is 1070. The van der Waals surface area contributed by atoms with E-state index in [1.807, 2.05) is 25.1 Å². The van der Waals surface area contributed by atoms with Crippen molar-refractivity contribution >= 4 is 23.2 Å². The number of hydrogen-bond acceptors (Lipinski definition) is 8. The van der Waals surface area contributed by atoms with Crippen LogP contribution in [0.3, 0.4) is 0 Å². The summed E-state index contributed by atoms with van der Waals surface area (Å²) in [6.45, 7) is 4.01. The standard InChI is InChI=1S/C26H33N5O5/c1-15-8-16(12-27)2-3-20(15)18-4-6-28-22(11-18)25(33)24-21(26(34)31-35)9-17(13-29-24)10-23(32)30-19-5-7-36-14-19/h2-4,8,17,19,21-22,24,28-29,35H,5-7,9-11,13-14H2,1H3,(H,30,32)(H,31,34)/t17-,19+,21-,22?,24-/m0/s1. The van der Waals surface area contributed by atoms with Gasteiger partial charge >= 0.3 is 0 Å². The van der Waals surface area contributed by atoms with Crippen LogP contribution < -0.4 is 21.4 Å². The van der Waals surface area contributed by atoms with Crippen LogP contribution in [-0.2, 0) is 19.1 Å². The molecule has 10 heteroatoms. The van der Waals surface area contributed by atoms with Gasteiger partial charge in [-0.2, -0.15) is 5.26 Å². The fourth-order valence-electron chi connectivity index (χ4n) is 5.44. The number of nitrogens with one attached hydrogen (secondary N) is 4. The Labute approximate surface area is 210 Å². The third-order valence-corrected chi connectivity index (χ3v) is 7.32. The maximum absolute atomic E-state index is 13.6. The Morgan fingerprint density at radius 3 is 2.81 bits per heavy atom. The molecular weight excluding hydrogens is 462 g/mol. The molecule has 2 amide bonds. The van der Waals surface area contributed by atoms with Gasteiger partial charge in [-0.25, -0.2) is 5.48 Å². The molecule has 1 aromatic rings. The van der Waals surface area contributed by atoms with Crippen LogP contribution in [-0.4, -0.2) is 67.2 Å². The quantitative estimate of drug-likeness (QED) is 0.272. The summed E-state index contributed by atoms with van der Waals surface area (Å²) in [5, 5.41) is 27.9. The SMILES string of the molecule is Cc1cc(C#N)ccc1C1=CCNC(C(=O)[C@H]2NC[C@H](CC(=O)N[C@@H]3CCOC3)C[C@@H]2C(=O)NO)C1. The molecule has 1 aromatic carbocycles. The van der Waals surface area contributed by atoms with E-state index < -0.39 is 23.9 Å². The summed E-state index contributed by atoms with van der Waals surface area (Å²) in [6.07, 6.45) is 3.81. The van der Waals surface area contributed by atoms with Crippen LogP contribution in [0.1, 0.15) is 42.4 Å². The Morgan fingerprint density at radius 1 is 1.28 bits per heavy atom. The molecule has 0 aliphatic carbocycles. The fourth-order valence-corrected chi connectivity index (χ4v) is 5.44. The lowest BCUT2D eigenvalue weighted by molar-refractivity contribution is -0.140. The number of Topliss-reactive ketones (excluding diaryl/α,β-unsaturated/α-hetero) is 1. The smallest absolute Gasteiger partial charge is 0.248 e. The molecule has 10 nitrogen and oxygen atoms in total. The number of piperidine rings is 1. The maximum atomic E-state index is 13.6. The van der Waals surface area contributed by atoms with Gasteiger partial charge in [-0.15, -0.1) is 0 Å². The largest absolute Gasteiger partial charge is 0.379 e. The van der Waals surface area contributed by atoms with Crippen molar-refractivity contribution in [2.45, 2.75) is 50.7 Å². The first kappa shape index (κ1) is 26.0. The topological polar surface area (TPSA) is 153 Å². The van der Waals surface area contributed by atoms with Crippen molar-refractivity contribution in [3.63, 3.8) is 0 Å². The van der Waals surface area contributed by atoms with E-state index in [4.69, 9.17) is 10.00 Å². The highest BCUT2D eigenvalue weighted by Crippen LogP contribution is 2.30. The van der Waals surface area contributed by atoms with Crippen molar-refractivity contribution in [1.82, 2.24) is 21.4 Å². The monoisotopic (exact) mass is 495 g/mol. The van der Waals surface area contributed by atoms with Crippen LogP contribution >= 0.6 is 0 Å². The number of ketones is 1. The molecule has 3 aliphatic heterocycles. The molecule has 0 aromatic heterocycles. The lowest BCUT2D eigenvalue weighted by Gasteiger charge is -2.37. The molecule has 1 unspecified atom stereocenters. The predicted octanol–water partition coefficient (Wildman–Crippen LogP) is 0.576. The number of carbonyl (C=O) groups excluding carboxylic acids is 3. The summed E-state index contributed by atoms with van der Waals surface area (Å²) in [5.74, 6) is -1.82. The van der Waals surface area contributed by atoms with E-state index in [9.17, 15) is 19.6 Å². The zero-order chi connectivity index (χ0) is 25.7. The van der Waals surface area contributed by atoms with Crippen molar-refractivity contribution in [2.75, 3.05) is 26.3 Å². The van der Waals surface area contributed by atoms with Crippen molar-refractivity contribution in [3.8, 4) is 6.07 Å². The molecule has 0 radical (unpaired) electrons. The summed E-state index contributed by atoms with van der Waals surface area (Å²) in [4.78, 5) is 38.6. The summed E-state index contributed by atoms with van der Waals surface area (Å²) in [5.41, 5.74) is 5.26. The van der Waals surface area contributed by atoms with Gasteiger partial charge in [0.25, 0.3) is 0 Å². The van der Waals surface area contributed by atoms with Crippen LogP contribution in [0.5, 0.6) is 0 Å². The average molecular weight is 496 g/mol. The van der Waals surface area contributed by atoms with E-state index in [2.05, 4.69) is 22.0 Å². The number of hydrogen-bond donors (Lipinski definition) is 5. The number of benzene rings is 1. The molecule has 5 atom stereocenters. The molecule has 36 heavy (non-hydrogen) atoms. The third kappa shape index (κ3) is 5.99. The second-order valence-electron chi connectivity index (χ2n) is 9.84. The molecule has 5 N–H and O–H groups in total. The van der Waals surface area contributed by atoms with Gasteiger partial charge < -0.3 is 20.7 Å². The summed E-state index contributed by atoms with van der Waals surface area (Å²) in [6, 6.07) is 6.37. The van der Waals surface area contributed by atoms with E-state index in [0.717, 1.165) is 23.1 Å². The molecule has 2 saturated heterocycles. The van der Waals surface area contributed by atoms with E-state index in [-0.39, 0.29) is 30.1 Å². The molecule has 192 valence electrons. The van der Waals surface area contributed by atoms with Gasteiger partial charge in [0.05, 0.1) is 42.3 Å². The van der Waals surface area contributed by atoms with Gasteiger partial charge in [0, 0.05) is 19.6 Å². The predicted molar refractivity (Wildman–Crippen MR) is 131 cm³/mol. The van der Waals surface area contributed by atoms with Gasteiger partial charge in [-0.1, -0.05) is 12.1 Å². The Balaban J connectivity index is 1.41. The van der Waals surface area contributed by atoms with E-state index in [1.165, 1.54) is 0 Å². The number of rotatable bonds is 7. The molecule has 0 bridgehead atoms. The van der Waals surface area contributed by atoms with Gasteiger partial charge in [-0.05, 0) is 67.5 Å². The first-order valence-electron chi connectivity index (χ1n) is 12.4. The fraction of sp³-hybridized carbons (Fsp3) is 0.538. The number of hydroxylamine groups is 1. The molecule has 4 rings (SSSR count). The second-order valence-corrected chi connectivity index (χ2v) is 9.84. The number of nitriles is 1. The molecule has 2 fully saturated rings. The number of carbonyl (C=O) groups is 3.